The van der Waals surface area contributed by atoms with Gasteiger partial charge in [-0.1, -0.05) is 35.9 Å². The minimum atomic E-state index is -0.247. The van der Waals surface area contributed by atoms with Crippen LogP contribution >= 0.6 is 0 Å². The van der Waals surface area contributed by atoms with Crippen molar-refractivity contribution in [2.75, 3.05) is 13.2 Å². The SMILES string of the molecule is Cc1ccccc1C=C1CCC2(CC1)OCCO2. The minimum absolute atomic E-state index is 0.247. The van der Waals surface area contributed by atoms with Gasteiger partial charge in [-0.3, -0.25) is 0 Å². The van der Waals surface area contributed by atoms with E-state index >= 15 is 0 Å². The zero-order valence-electron chi connectivity index (χ0n) is 10.9. The molecule has 3 rings (SSSR count). The van der Waals surface area contributed by atoms with E-state index in [0.29, 0.717) is 0 Å². The van der Waals surface area contributed by atoms with Crippen LogP contribution in [0.25, 0.3) is 6.08 Å². The molecule has 0 amide bonds. The van der Waals surface area contributed by atoms with Crippen LogP contribution < -0.4 is 0 Å². The van der Waals surface area contributed by atoms with E-state index in [4.69, 9.17) is 9.47 Å². The van der Waals surface area contributed by atoms with E-state index in [1.54, 1.807) is 0 Å². The van der Waals surface area contributed by atoms with Gasteiger partial charge in [0, 0.05) is 12.8 Å². The highest BCUT2D eigenvalue weighted by atomic mass is 16.7. The number of benzene rings is 1. The summed E-state index contributed by atoms with van der Waals surface area (Å²) in [6.45, 7) is 3.69. The molecule has 1 aliphatic carbocycles. The molecule has 0 atom stereocenters. The maximum Gasteiger partial charge on any atom is 0.169 e. The first-order valence-electron chi connectivity index (χ1n) is 6.80. The molecule has 2 nitrogen and oxygen atoms in total. The normalized spacial score (nSPS) is 22.4. The van der Waals surface area contributed by atoms with E-state index in [9.17, 15) is 0 Å². The summed E-state index contributed by atoms with van der Waals surface area (Å²) in [7, 11) is 0. The predicted octanol–water partition coefficient (Wildman–Crippen LogP) is 3.70. The van der Waals surface area contributed by atoms with Crippen LogP contribution in [-0.2, 0) is 9.47 Å². The predicted molar refractivity (Wildman–Crippen MR) is 72.3 cm³/mol. The van der Waals surface area contributed by atoms with Crippen LogP contribution in [0, 0.1) is 6.92 Å². The summed E-state index contributed by atoms with van der Waals surface area (Å²) in [5, 5.41) is 0. The molecule has 96 valence electrons. The van der Waals surface area contributed by atoms with Gasteiger partial charge in [0.15, 0.2) is 5.79 Å². The number of allylic oxidation sites excluding steroid dienone is 1. The summed E-state index contributed by atoms with van der Waals surface area (Å²) in [6.07, 6.45) is 6.54. The molecule has 1 aromatic carbocycles. The second kappa shape index (κ2) is 4.87. The third-order valence-electron chi connectivity index (χ3n) is 4.02. The van der Waals surface area contributed by atoms with Crippen LogP contribution in [-0.4, -0.2) is 19.0 Å². The molecule has 1 saturated heterocycles. The highest BCUT2D eigenvalue weighted by Gasteiger charge is 2.38. The molecule has 1 heterocycles. The molecule has 0 aromatic heterocycles. The average molecular weight is 244 g/mol. The van der Waals surface area contributed by atoms with Crippen LogP contribution in [0.15, 0.2) is 29.8 Å². The van der Waals surface area contributed by atoms with Gasteiger partial charge in [-0.15, -0.1) is 0 Å². The van der Waals surface area contributed by atoms with E-state index in [1.807, 2.05) is 0 Å². The fourth-order valence-electron chi connectivity index (χ4n) is 2.85. The Morgan fingerprint density at radius 3 is 2.39 bits per heavy atom. The van der Waals surface area contributed by atoms with Crippen LogP contribution in [0.3, 0.4) is 0 Å². The molecule has 2 aliphatic rings. The second-order valence-electron chi connectivity index (χ2n) is 5.27. The van der Waals surface area contributed by atoms with E-state index in [1.165, 1.54) is 16.7 Å². The van der Waals surface area contributed by atoms with Crippen molar-refractivity contribution in [1.29, 1.82) is 0 Å². The van der Waals surface area contributed by atoms with Crippen molar-refractivity contribution in [3.63, 3.8) is 0 Å². The number of ether oxygens (including phenoxy) is 2. The molecule has 2 fully saturated rings. The Kier molecular flexibility index (Phi) is 3.23. The Morgan fingerprint density at radius 2 is 1.72 bits per heavy atom. The average Bonchev–Trinajstić information content (AvgIpc) is 2.84. The Balaban J connectivity index is 1.71. The number of aryl methyl sites for hydroxylation is 1. The van der Waals surface area contributed by atoms with E-state index in [-0.39, 0.29) is 5.79 Å². The molecule has 0 N–H and O–H groups in total. The number of rotatable bonds is 1. The fraction of sp³-hybridized carbons (Fsp3) is 0.500. The lowest BCUT2D eigenvalue weighted by Gasteiger charge is -2.32. The van der Waals surface area contributed by atoms with Gasteiger partial charge >= 0.3 is 0 Å². The van der Waals surface area contributed by atoms with Crippen LogP contribution in [0.4, 0.5) is 0 Å². The van der Waals surface area contributed by atoms with E-state index < -0.39 is 0 Å². The van der Waals surface area contributed by atoms with Crippen LogP contribution in [0.5, 0.6) is 0 Å². The lowest BCUT2D eigenvalue weighted by atomic mass is 9.88. The highest BCUT2D eigenvalue weighted by Crippen LogP contribution is 2.38. The molecule has 0 radical (unpaired) electrons. The summed E-state index contributed by atoms with van der Waals surface area (Å²) in [5.74, 6) is -0.247. The molecule has 1 spiro atoms. The zero-order chi connectivity index (χ0) is 12.4. The van der Waals surface area contributed by atoms with Crippen LogP contribution in [0.2, 0.25) is 0 Å². The van der Waals surface area contributed by atoms with Crippen molar-refractivity contribution in [3.8, 4) is 0 Å². The molecule has 2 heteroatoms. The first-order chi connectivity index (χ1) is 8.77. The maximum absolute atomic E-state index is 5.75. The first kappa shape index (κ1) is 11.9. The van der Waals surface area contributed by atoms with Gasteiger partial charge in [0.1, 0.15) is 0 Å². The Bertz CT molecular complexity index is 444. The summed E-state index contributed by atoms with van der Waals surface area (Å²) in [4.78, 5) is 0. The summed E-state index contributed by atoms with van der Waals surface area (Å²) in [6, 6.07) is 8.55. The molecular formula is C16H20O2. The van der Waals surface area contributed by atoms with Gasteiger partial charge in [0.05, 0.1) is 13.2 Å². The highest BCUT2D eigenvalue weighted by molar-refractivity contribution is 5.56. The van der Waals surface area contributed by atoms with Gasteiger partial charge in [-0.2, -0.15) is 0 Å². The van der Waals surface area contributed by atoms with Crippen molar-refractivity contribution >= 4 is 6.08 Å². The fourth-order valence-corrected chi connectivity index (χ4v) is 2.85. The van der Waals surface area contributed by atoms with Crippen molar-refractivity contribution in [2.24, 2.45) is 0 Å². The quantitative estimate of drug-likeness (QED) is 0.750. The smallest absolute Gasteiger partial charge is 0.169 e. The van der Waals surface area contributed by atoms with Gasteiger partial charge in [0.25, 0.3) is 0 Å². The molecule has 0 bridgehead atoms. The van der Waals surface area contributed by atoms with Gasteiger partial charge < -0.3 is 9.47 Å². The summed E-state index contributed by atoms with van der Waals surface area (Å²) >= 11 is 0. The zero-order valence-corrected chi connectivity index (χ0v) is 10.9. The Labute approximate surface area is 109 Å². The maximum atomic E-state index is 5.75. The summed E-state index contributed by atoms with van der Waals surface area (Å²) < 4.78 is 11.5. The third kappa shape index (κ3) is 2.36. The number of hydrogen-bond acceptors (Lipinski definition) is 2. The summed E-state index contributed by atoms with van der Waals surface area (Å²) in [5.41, 5.74) is 4.21. The van der Waals surface area contributed by atoms with Crippen molar-refractivity contribution in [1.82, 2.24) is 0 Å². The second-order valence-corrected chi connectivity index (χ2v) is 5.27. The minimum Gasteiger partial charge on any atom is -0.348 e. The van der Waals surface area contributed by atoms with E-state index in [0.717, 1.165) is 38.9 Å². The Morgan fingerprint density at radius 1 is 1.06 bits per heavy atom. The van der Waals surface area contributed by atoms with Crippen molar-refractivity contribution < 1.29 is 9.47 Å². The van der Waals surface area contributed by atoms with Crippen LogP contribution in [0.1, 0.15) is 36.8 Å². The van der Waals surface area contributed by atoms with Gasteiger partial charge in [0.2, 0.25) is 0 Å². The lowest BCUT2D eigenvalue weighted by Crippen LogP contribution is -2.33. The molecule has 1 saturated carbocycles. The van der Waals surface area contributed by atoms with E-state index in [2.05, 4.69) is 37.3 Å². The molecule has 1 aliphatic heterocycles. The monoisotopic (exact) mass is 244 g/mol. The molecule has 18 heavy (non-hydrogen) atoms. The third-order valence-corrected chi connectivity index (χ3v) is 4.02. The van der Waals surface area contributed by atoms with Gasteiger partial charge in [-0.25, -0.2) is 0 Å². The topological polar surface area (TPSA) is 18.5 Å². The number of hydrogen-bond donors (Lipinski definition) is 0. The molecular weight excluding hydrogens is 224 g/mol. The largest absolute Gasteiger partial charge is 0.348 e. The van der Waals surface area contributed by atoms with Gasteiger partial charge in [-0.05, 0) is 30.9 Å². The van der Waals surface area contributed by atoms with Crippen molar-refractivity contribution in [2.45, 2.75) is 38.4 Å². The molecule has 0 unspecified atom stereocenters. The van der Waals surface area contributed by atoms with Crippen molar-refractivity contribution in [3.05, 3.63) is 41.0 Å². The molecule has 1 aromatic rings. The lowest BCUT2D eigenvalue weighted by molar-refractivity contribution is -0.171. The first-order valence-corrected chi connectivity index (χ1v) is 6.80. The standard InChI is InChI=1S/C16H20O2/c1-13-4-2-3-5-15(13)12-14-6-8-16(9-7-14)17-10-11-18-16/h2-5,12H,6-11H2,1H3. The Hall–Kier alpha value is -1.12.